The molecule has 0 unspecified atom stereocenters. The molecule has 2 aromatic carbocycles. The number of aryl methyl sites for hydroxylation is 1. The third kappa shape index (κ3) is 9.56. The van der Waals surface area contributed by atoms with Crippen LogP contribution >= 0.6 is 15.9 Å². The van der Waals surface area contributed by atoms with Gasteiger partial charge < -0.3 is 20.1 Å². The van der Waals surface area contributed by atoms with Crippen LogP contribution in [0.3, 0.4) is 0 Å². The van der Waals surface area contributed by atoms with Crippen LogP contribution in [-0.2, 0) is 22.6 Å². The van der Waals surface area contributed by atoms with Crippen molar-refractivity contribution in [2.75, 3.05) is 18.5 Å². The molecule has 0 spiro atoms. The molecule has 3 aromatic rings. The average molecular weight is 604 g/mol. The van der Waals surface area contributed by atoms with E-state index < -0.39 is 19.8 Å². The maximum Gasteiger partial charge on any atom is 0.407 e. The molecule has 0 aliphatic carbocycles. The molecule has 0 saturated carbocycles. The van der Waals surface area contributed by atoms with E-state index in [0.29, 0.717) is 31.3 Å². The molecule has 0 aliphatic heterocycles. The van der Waals surface area contributed by atoms with E-state index in [1.165, 1.54) is 0 Å². The molecular formula is C28H39BrN4O4Si. The molecular weight excluding hydrogens is 564 g/mol. The number of halogens is 1. The molecule has 206 valence electrons. The van der Waals surface area contributed by atoms with Crippen molar-refractivity contribution in [2.24, 2.45) is 0 Å². The largest absolute Gasteiger partial charge is 0.444 e. The van der Waals surface area contributed by atoms with E-state index in [1.54, 1.807) is 4.68 Å². The van der Waals surface area contributed by atoms with E-state index in [9.17, 15) is 9.59 Å². The second-order valence-electron chi connectivity index (χ2n) is 11.5. The summed E-state index contributed by atoms with van der Waals surface area (Å²) in [6.45, 7) is 13.9. The van der Waals surface area contributed by atoms with Gasteiger partial charge in [-0.15, -0.1) is 0 Å². The molecule has 0 radical (unpaired) electrons. The van der Waals surface area contributed by atoms with E-state index >= 15 is 0 Å². The Morgan fingerprint density at radius 1 is 1.11 bits per heavy atom. The summed E-state index contributed by atoms with van der Waals surface area (Å²) in [5, 5.41) is 11.1. The predicted molar refractivity (Wildman–Crippen MR) is 158 cm³/mol. The van der Waals surface area contributed by atoms with E-state index in [-0.39, 0.29) is 5.91 Å². The van der Waals surface area contributed by atoms with Gasteiger partial charge in [-0.25, -0.2) is 9.48 Å². The summed E-state index contributed by atoms with van der Waals surface area (Å²) >= 11 is 3.51. The van der Waals surface area contributed by atoms with Gasteiger partial charge in [-0.1, -0.05) is 47.7 Å². The van der Waals surface area contributed by atoms with Crippen LogP contribution in [0.1, 0.15) is 43.2 Å². The topological polar surface area (TPSA) is 94.5 Å². The Morgan fingerprint density at radius 2 is 1.87 bits per heavy atom. The minimum atomic E-state index is -1.19. The number of anilines is 1. The van der Waals surface area contributed by atoms with Crippen molar-refractivity contribution in [3.8, 4) is 0 Å². The maximum atomic E-state index is 13.3. The Bertz CT molecular complexity index is 1260. The van der Waals surface area contributed by atoms with E-state index in [4.69, 9.17) is 9.47 Å². The first-order valence-corrected chi connectivity index (χ1v) is 17.4. The van der Waals surface area contributed by atoms with Gasteiger partial charge in [0.05, 0.1) is 5.52 Å². The van der Waals surface area contributed by atoms with Crippen molar-refractivity contribution in [1.82, 2.24) is 15.1 Å². The highest BCUT2D eigenvalue weighted by Gasteiger charge is 2.19. The Labute approximate surface area is 234 Å². The molecule has 2 N–H and O–H groups in total. The van der Waals surface area contributed by atoms with Gasteiger partial charge in [-0.2, -0.15) is 5.10 Å². The quantitative estimate of drug-likeness (QED) is 0.185. The number of alkyl carbamates (subject to hydrolysis) is 1. The van der Waals surface area contributed by atoms with Crippen LogP contribution in [0.2, 0.25) is 25.7 Å². The number of ether oxygens (including phenoxy) is 2. The van der Waals surface area contributed by atoms with E-state index in [0.717, 1.165) is 39.8 Å². The van der Waals surface area contributed by atoms with E-state index in [2.05, 4.69) is 51.3 Å². The van der Waals surface area contributed by atoms with Crippen LogP contribution in [0.15, 0.2) is 46.9 Å². The smallest absolute Gasteiger partial charge is 0.407 e. The molecule has 0 bridgehead atoms. The van der Waals surface area contributed by atoms with E-state index in [1.807, 2.05) is 63.2 Å². The van der Waals surface area contributed by atoms with Crippen molar-refractivity contribution in [1.29, 1.82) is 0 Å². The molecule has 0 fully saturated rings. The number of hydrogen-bond donors (Lipinski definition) is 2. The minimum absolute atomic E-state index is 0.280. The lowest BCUT2D eigenvalue weighted by Gasteiger charge is -2.19. The van der Waals surface area contributed by atoms with Crippen molar-refractivity contribution < 1.29 is 19.1 Å². The van der Waals surface area contributed by atoms with Gasteiger partial charge >= 0.3 is 6.09 Å². The highest BCUT2D eigenvalue weighted by Crippen LogP contribution is 2.25. The molecule has 1 heterocycles. The fraction of sp³-hybridized carbons (Fsp3) is 0.464. The lowest BCUT2D eigenvalue weighted by atomic mass is 10.1. The molecule has 38 heavy (non-hydrogen) atoms. The van der Waals surface area contributed by atoms with Crippen LogP contribution in [0, 0.1) is 0 Å². The normalized spacial score (nSPS) is 12.0. The summed E-state index contributed by atoms with van der Waals surface area (Å²) in [6, 6.07) is 14.6. The van der Waals surface area contributed by atoms with Crippen LogP contribution in [-0.4, -0.2) is 48.6 Å². The maximum absolute atomic E-state index is 13.3. The van der Waals surface area contributed by atoms with Crippen LogP contribution in [0.25, 0.3) is 10.9 Å². The molecule has 0 aliphatic rings. The first kappa shape index (κ1) is 29.9. The van der Waals surface area contributed by atoms with Gasteiger partial charge in [0.25, 0.3) is 5.91 Å². The lowest BCUT2D eigenvalue weighted by molar-refractivity contribution is 0.0527. The van der Waals surface area contributed by atoms with Gasteiger partial charge in [0.1, 0.15) is 12.3 Å². The highest BCUT2D eigenvalue weighted by molar-refractivity contribution is 9.10. The number of hydrogen-bond acceptors (Lipinski definition) is 5. The van der Waals surface area contributed by atoms with Gasteiger partial charge in [-0.05, 0) is 75.6 Å². The van der Waals surface area contributed by atoms with Gasteiger partial charge in [0.15, 0.2) is 5.69 Å². The van der Waals surface area contributed by atoms with Crippen molar-refractivity contribution >= 4 is 52.6 Å². The summed E-state index contributed by atoms with van der Waals surface area (Å²) in [7, 11) is -1.19. The third-order valence-electron chi connectivity index (χ3n) is 5.63. The number of fused-ring (bicyclic) bond motifs is 1. The van der Waals surface area contributed by atoms with Crippen LogP contribution in [0.4, 0.5) is 10.5 Å². The predicted octanol–water partition coefficient (Wildman–Crippen LogP) is 6.82. The van der Waals surface area contributed by atoms with Crippen LogP contribution in [0.5, 0.6) is 0 Å². The number of nitrogens with zero attached hydrogens (tertiary/aromatic N) is 2. The number of benzene rings is 2. The number of carbonyl (C=O) groups excluding carboxylic acids is 2. The molecule has 3 rings (SSSR count). The fourth-order valence-corrected chi connectivity index (χ4v) is 4.86. The Kier molecular flexibility index (Phi) is 10.1. The van der Waals surface area contributed by atoms with Crippen LogP contribution < -0.4 is 10.6 Å². The molecule has 1 aromatic heterocycles. The number of carbonyl (C=O) groups is 2. The zero-order valence-corrected chi connectivity index (χ0v) is 25.8. The molecule has 8 nitrogen and oxygen atoms in total. The lowest BCUT2D eigenvalue weighted by Crippen LogP contribution is -2.33. The monoisotopic (exact) mass is 602 g/mol. The molecule has 0 atom stereocenters. The minimum Gasteiger partial charge on any atom is -0.444 e. The first-order chi connectivity index (χ1) is 17.8. The summed E-state index contributed by atoms with van der Waals surface area (Å²) < 4.78 is 13.8. The fourth-order valence-electron chi connectivity index (χ4n) is 3.74. The Morgan fingerprint density at radius 3 is 2.58 bits per heavy atom. The van der Waals surface area contributed by atoms with Crippen molar-refractivity contribution in [2.45, 2.75) is 71.6 Å². The van der Waals surface area contributed by atoms with Crippen molar-refractivity contribution in [3.05, 3.63) is 58.2 Å². The number of nitrogens with one attached hydrogen (secondary N) is 2. The summed E-state index contributed by atoms with van der Waals surface area (Å²) in [5.74, 6) is -0.280. The van der Waals surface area contributed by atoms with Gasteiger partial charge in [-0.3, -0.25) is 4.79 Å². The van der Waals surface area contributed by atoms with Gasteiger partial charge in [0.2, 0.25) is 0 Å². The summed E-state index contributed by atoms with van der Waals surface area (Å²) in [6.07, 6.45) is 1.08. The third-order valence-corrected chi connectivity index (χ3v) is 7.83. The standard InChI is InChI=1S/C28H39BrN4O4Si/c1-28(2,3)37-27(35)30-14-8-10-20-9-7-11-22(17-20)31-26(34)25-23-18-21(29)12-13-24(23)33(32-25)19-36-15-16-38(4,5)6/h7,9,11-13,17-18H,8,10,14-16,19H2,1-6H3,(H,30,35)(H,31,34). The average Bonchev–Trinajstić information content (AvgIpc) is 3.16. The number of amides is 2. The number of aromatic nitrogens is 2. The second kappa shape index (κ2) is 12.9. The van der Waals surface area contributed by atoms with Crippen molar-refractivity contribution in [3.63, 3.8) is 0 Å². The SMILES string of the molecule is CC(C)(C)OC(=O)NCCCc1cccc(NC(=O)c2nn(COCC[Si](C)(C)C)c3ccc(Br)cc23)c1. The Hall–Kier alpha value is -2.69. The second-order valence-corrected chi connectivity index (χ2v) is 18.1. The first-order valence-electron chi connectivity index (χ1n) is 12.9. The zero-order valence-electron chi connectivity index (χ0n) is 23.2. The van der Waals surface area contributed by atoms with Gasteiger partial charge in [0, 0.05) is 36.8 Å². The molecule has 10 heteroatoms. The summed E-state index contributed by atoms with van der Waals surface area (Å²) in [5.41, 5.74) is 2.42. The summed E-state index contributed by atoms with van der Waals surface area (Å²) in [4.78, 5) is 25.1. The Balaban J connectivity index is 1.63. The zero-order chi connectivity index (χ0) is 27.9. The number of rotatable bonds is 11. The molecule has 0 saturated heterocycles. The molecule has 2 amide bonds. The highest BCUT2D eigenvalue weighted by atomic mass is 79.9.